The van der Waals surface area contributed by atoms with E-state index in [9.17, 15) is 0 Å². The fourth-order valence-corrected chi connectivity index (χ4v) is 2.53. The molecule has 0 saturated heterocycles. The first-order valence-electron chi connectivity index (χ1n) is 5.61. The summed E-state index contributed by atoms with van der Waals surface area (Å²) < 4.78 is 0. The molecule has 0 radical (unpaired) electrons. The summed E-state index contributed by atoms with van der Waals surface area (Å²) in [5, 5.41) is 5.22. The van der Waals surface area contributed by atoms with Gasteiger partial charge in [-0.1, -0.05) is 6.07 Å². The summed E-state index contributed by atoms with van der Waals surface area (Å²) in [7, 11) is 4.00. The van der Waals surface area contributed by atoms with Crippen LogP contribution in [0.1, 0.15) is 17.8 Å². The monoisotopic (exact) mass is 247 g/mol. The van der Waals surface area contributed by atoms with Gasteiger partial charge in [0.2, 0.25) is 0 Å². The maximum Gasteiger partial charge on any atom is 0.0604 e. The fraction of sp³-hybridized carbons (Fsp3) is 0.308. The zero-order valence-corrected chi connectivity index (χ0v) is 11.2. The number of hydrogen-bond acceptors (Lipinski definition) is 4. The van der Waals surface area contributed by atoms with E-state index in [1.165, 1.54) is 4.88 Å². The predicted molar refractivity (Wildman–Crippen MR) is 74.9 cm³/mol. The molecule has 0 spiro atoms. The van der Waals surface area contributed by atoms with Crippen LogP contribution in [0.4, 0.5) is 11.4 Å². The summed E-state index contributed by atoms with van der Waals surface area (Å²) in [6, 6.07) is 6.73. The summed E-state index contributed by atoms with van der Waals surface area (Å²) in [6.45, 7) is 2.21. The highest BCUT2D eigenvalue weighted by molar-refractivity contribution is 7.10. The number of nitrogens with zero attached hydrogens (tertiary/aromatic N) is 2. The first kappa shape index (κ1) is 11.9. The van der Waals surface area contributed by atoms with Crippen molar-refractivity contribution in [2.24, 2.45) is 0 Å². The molecule has 2 rings (SSSR count). The van der Waals surface area contributed by atoms with Gasteiger partial charge in [0.15, 0.2) is 0 Å². The van der Waals surface area contributed by atoms with Crippen molar-refractivity contribution >= 4 is 22.7 Å². The topological polar surface area (TPSA) is 28.2 Å². The quantitative estimate of drug-likeness (QED) is 0.897. The van der Waals surface area contributed by atoms with Crippen LogP contribution in [-0.2, 0) is 0 Å². The van der Waals surface area contributed by atoms with Gasteiger partial charge in [0.25, 0.3) is 0 Å². The van der Waals surface area contributed by atoms with Gasteiger partial charge >= 0.3 is 0 Å². The van der Waals surface area contributed by atoms with E-state index in [1.54, 1.807) is 11.3 Å². The number of thiophene rings is 1. The van der Waals surface area contributed by atoms with Crippen LogP contribution in [0.15, 0.2) is 36.0 Å². The Bertz CT molecular complexity index is 467. The van der Waals surface area contributed by atoms with E-state index in [0.29, 0.717) is 6.04 Å². The summed E-state index contributed by atoms with van der Waals surface area (Å²) in [6.07, 6.45) is 3.72. The molecule has 1 atom stereocenters. The van der Waals surface area contributed by atoms with Gasteiger partial charge in [0, 0.05) is 19.0 Å². The van der Waals surface area contributed by atoms with E-state index in [2.05, 4.69) is 52.8 Å². The van der Waals surface area contributed by atoms with Crippen LogP contribution in [-0.4, -0.2) is 19.1 Å². The van der Waals surface area contributed by atoms with Gasteiger partial charge in [0.1, 0.15) is 0 Å². The highest BCUT2D eigenvalue weighted by Gasteiger charge is 2.13. The first-order valence-corrected chi connectivity index (χ1v) is 6.49. The number of nitrogens with one attached hydrogen (secondary N) is 1. The van der Waals surface area contributed by atoms with Gasteiger partial charge in [-0.05, 0) is 24.4 Å². The Morgan fingerprint density at radius 1 is 1.41 bits per heavy atom. The van der Waals surface area contributed by atoms with E-state index >= 15 is 0 Å². The Labute approximate surface area is 106 Å². The molecule has 0 aliphatic carbocycles. The minimum Gasteiger partial charge on any atom is -0.387 e. The maximum atomic E-state index is 4.24. The molecule has 4 heteroatoms. The lowest BCUT2D eigenvalue weighted by Crippen LogP contribution is -2.21. The smallest absolute Gasteiger partial charge is 0.0604 e. The number of anilines is 2. The standard InChI is InChI=1S/C13H17N3S/c1-10(13-5-4-6-17-13)16(3)12-7-11(14-2)8-15-9-12/h4-10,14H,1-3H3. The molecule has 17 heavy (non-hydrogen) atoms. The predicted octanol–water partition coefficient (Wildman–Crippen LogP) is 3.38. The molecule has 0 fully saturated rings. The molecule has 1 unspecified atom stereocenters. The lowest BCUT2D eigenvalue weighted by atomic mass is 10.2. The molecular weight excluding hydrogens is 230 g/mol. The van der Waals surface area contributed by atoms with Crippen molar-refractivity contribution in [3.05, 3.63) is 40.8 Å². The van der Waals surface area contributed by atoms with Crippen LogP contribution < -0.4 is 10.2 Å². The number of aromatic nitrogens is 1. The van der Waals surface area contributed by atoms with E-state index < -0.39 is 0 Å². The van der Waals surface area contributed by atoms with Crippen LogP contribution in [0.2, 0.25) is 0 Å². The van der Waals surface area contributed by atoms with Crippen molar-refractivity contribution in [3.8, 4) is 0 Å². The van der Waals surface area contributed by atoms with Gasteiger partial charge in [-0.2, -0.15) is 0 Å². The molecule has 0 aromatic carbocycles. The molecule has 0 saturated carbocycles. The molecule has 2 aromatic rings. The normalized spacial score (nSPS) is 12.2. The Morgan fingerprint density at radius 3 is 2.88 bits per heavy atom. The summed E-state index contributed by atoms with van der Waals surface area (Å²) >= 11 is 1.79. The fourth-order valence-electron chi connectivity index (χ4n) is 1.70. The number of hydrogen-bond donors (Lipinski definition) is 1. The molecule has 2 aromatic heterocycles. The molecular formula is C13H17N3S. The summed E-state index contributed by atoms with van der Waals surface area (Å²) in [5.74, 6) is 0. The van der Waals surface area contributed by atoms with Gasteiger partial charge in [-0.25, -0.2) is 0 Å². The molecule has 3 nitrogen and oxygen atoms in total. The Hall–Kier alpha value is -1.55. The third kappa shape index (κ3) is 2.58. The second kappa shape index (κ2) is 5.19. The zero-order chi connectivity index (χ0) is 12.3. The highest BCUT2D eigenvalue weighted by Crippen LogP contribution is 2.28. The Balaban J connectivity index is 2.21. The highest BCUT2D eigenvalue weighted by atomic mass is 32.1. The molecule has 1 N–H and O–H groups in total. The van der Waals surface area contributed by atoms with Crippen LogP contribution in [0.5, 0.6) is 0 Å². The average Bonchev–Trinajstić information content (AvgIpc) is 2.91. The first-order chi connectivity index (χ1) is 8.22. The Morgan fingerprint density at radius 2 is 2.24 bits per heavy atom. The summed E-state index contributed by atoms with van der Waals surface area (Å²) in [5.41, 5.74) is 2.16. The van der Waals surface area contributed by atoms with E-state index in [1.807, 2.05) is 19.4 Å². The second-order valence-corrected chi connectivity index (χ2v) is 4.96. The van der Waals surface area contributed by atoms with Gasteiger partial charge in [-0.15, -0.1) is 11.3 Å². The Kier molecular flexibility index (Phi) is 3.64. The van der Waals surface area contributed by atoms with Crippen LogP contribution in [0.25, 0.3) is 0 Å². The third-order valence-electron chi connectivity index (χ3n) is 2.96. The van der Waals surface area contributed by atoms with Crippen molar-refractivity contribution < 1.29 is 0 Å². The van der Waals surface area contributed by atoms with E-state index in [-0.39, 0.29) is 0 Å². The molecule has 90 valence electrons. The van der Waals surface area contributed by atoms with Gasteiger partial charge in [0.05, 0.1) is 29.8 Å². The van der Waals surface area contributed by atoms with Crippen molar-refractivity contribution in [2.75, 3.05) is 24.3 Å². The average molecular weight is 247 g/mol. The maximum absolute atomic E-state index is 4.24. The molecule has 0 amide bonds. The van der Waals surface area contributed by atoms with Crippen LogP contribution in [0, 0.1) is 0 Å². The number of rotatable bonds is 4. The van der Waals surface area contributed by atoms with E-state index in [0.717, 1.165) is 11.4 Å². The van der Waals surface area contributed by atoms with Crippen molar-refractivity contribution in [1.29, 1.82) is 0 Å². The SMILES string of the molecule is CNc1cncc(N(C)C(C)c2cccs2)c1. The minimum atomic E-state index is 0.365. The molecule has 0 bridgehead atoms. The zero-order valence-electron chi connectivity index (χ0n) is 10.3. The van der Waals surface area contributed by atoms with Crippen molar-refractivity contribution in [2.45, 2.75) is 13.0 Å². The van der Waals surface area contributed by atoms with Crippen molar-refractivity contribution in [1.82, 2.24) is 4.98 Å². The third-order valence-corrected chi connectivity index (χ3v) is 4.00. The van der Waals surface area contributed by atoms with Gasteiger partial charge < -0.3 is 10.2 Å². The molecule has 2 heterocycles. The van der Waals surface area contributed by atoms with Gasteiger partial charge in [-0.3, -0.25) is 4.98 Å². The largest absolute Gasteiger partial charge is 0.387 e. The lowest BCUT2D eigenvalue weighted by molar-refractivity contribution is 0.752. The van der Waals surface area contributed by atoms with Crippen LogP contribution >= 0.6 is 11.3 Å². The minimum absolute atomic E-state index is 0.365. The lowest BCUT2D eigenvalue weighted by Gasteiger charge is -2.26. The number of pyridine rings is 1. The van der Waals surface area contributed by atoms with Crippen molar-refractivity contribution in [3.63, 3.8) is 0 Å². The van der Waals surface area contributed by atoms with E-state index in [4.69, 9.17) is 0 Å². The molecule has 0 aliphatic rings. The molecule has 0 aliphatic heterocycles. The second-order valence-electron chi connectivity index (χ2n) is 3.98. The summed E-state index contributed by atoms with van der Waals surface area (Å²) in [4.78, 5) is 7.84. The van der Waals surface area contributed by atoms with Crippen LogP contribution in [0.3, 0.4) is 0 Å².